The molecule has 0 aliphatic carbocycles. The number of para-hydroxylation sites is 1. The first kappa shape index (κ1) is 13.3. The van der Waals surface area contributed by atoms with Gasteiger partial charge in [0.25, 0.3) is 5.69 Å². The lowest BCUT2D eigenvalue weighted by Crippen LogP contribution is -1.98. The van der Waals surface area contributed by atoms with Gasteiger partial charge in [0.15, 0.2) is 0 Å². The first-order valence-electron chi connectivity index (χ1n) is 5.44. The van der Waals surface area contributed by atoms with E-state index in [0.717, 1.165) is 0 Å². The van der Waals surface area contributed by atoms with Crippen LogP contribution in [0.5, 0.6) is 11.5 Å². The molecule has 0 heterocycles. The number of hydrogen-bond donors (Lipinski definition) is 1. The molecule has 0 aliphatic heterocycles. The van der Waals surface area contributed by atoms with Gasteiger partial charge in [-0.25, -0.2) is 0 Å². The minimum Gasteiger partial charge on any atom is -0.450 e. The number of nitrogens with zero attached hydrogens (tertiary/aromatic N) is 2. The van der Waals surface area contributed by atoms with Gasteiger partial charge < -0.3 is 10.5 Å². The van der Waals surface area contributed by atoms with Crippen molar-refractivity contribution in [2.24, 2.45) is 0 Å². The molecule has 0 unspecified atom stereocenters. The Balaban J connectivity index is 2.33. The van der Waals surface area contributed by atoms with Crippen molar-refractivity contribution in [3.63, 3.8) is 0 Å². The predicted molar refractivity (Wildman–Crippen MR) is 70.7 cm³/mol. The summed E-state index contributed by atoms with van der Waals surface area (Å²) in [4.78, 5) is 20.3. The molecule has 0 amide bonds. The van der Waals surface area contributed by atoms with Crippen molar-refractivity contribution in [2.75, 3.05) is 5.73 Å². The summed E-state index contributed by atoms with van der Waals surface area (Å²) in [6.45, 7) is 0. The van der Waals surface area contributed by atoms with E-state index in [-0.39, 0.29) is 28.6 Å². The molecule has 0 bridgehead atoms. The zero-order valence-corrected chi connectivity index (χ0v) is 10.1. The lowest BCUT2D eigenvalue weighted by Gasteiger charge is -2.07. The van der Waals surface area contributed by atoms with Gasteiger partial charge in [-0.3, -0.25) is 20.2 Å². The summed E-state index contributed by atoms with van der Waals surface area (Å²) >= 11 is 0. The summed E-state index contributed by atoms with van der Waals surface area (Å²) < 4.78 is 5.34. The third-order valence-corrected chi connectivity index (χ3v) is 2.49. The molecule has 0 saturated carbocycles. The summed E-state index contributed by atoms with van der Waals surface area (Å²) in [7, 11) is 0. The Hall–Kier alpha value is -3.16. The molecule has 0 radical (unpaired) electrons. The summed E-state index contributed by atoms with van der Waals surface area (Å²) in [5, 5.41) is 21.4. The molecular weight excluding hydrogens is 266 g/mol. The van der Waals surface area contributed by atoms with E-state index in [0.29, 0.717) is 0 Å². The van der Waals surface area contributed by atoms with E-state index in [1.54, 1.807) is 0 Å². The van der Waals surface area contributed by atoms with Gasteiger partial charge in [0.1, 0.15) is 11.4 Å². The number of rotatable bonds is 4. The van der Waals surface area contributed by atoms with E-state index >= 15 is 0 Å². The molecule has 0 aliphatic rings. The van der Waals surface area contributed by atoms with Gasteiger partial charge in [0, 0.05) is 12.1 Å². The number of hydrogen-bond acceptors (Lipinski definition) is 6. The predicted octanol–water partition coefficient (Wildman–Crippen LogP) is 2.88. The summed E-state index contributed by atoms with van der Waals surface area (Å²) in [5.41, 5.74) is 5.07. The number of nitrogens with two attached hydrogens (primary N) is 1. The minimum atomic E-state index is -0.643. The van der Waals surface area contributed by atoms with Crippen LogP contribution in [-0.2, 0) is 0 Å². The minimum absolute atomic E-state index is 0.0191. The quantitative estimate of drug-likeness (QED) is 0.520. The van der Waals surface area contributed by atoms with Crippen LogP contribution in [0.4, 0.5) is 17.1 Å². The van der Waals surface area contributed by atoms with E-state index in [9.17, 15) is 20.2 Å². The lowest BCUT2D eigenvalue weighted by molar-refractivity contribution is -0.384. The number of ether oxygens (including phenoxy) is 1. The summed E-state index contributed by atoms with van der Waals surface area (Å²) in [6.07, 6.45) is 0. The standard InChI is InChI=1S/C12H9N3O5/c13-10-2-1-3-11(12(10)15(18)19)20-9-6-4-8(5-7-9)14(16)17/h1-7H,13H2. The highest BCUT2D eigenvalue weighted by Gasteiger charge is 2.19. The Labute approximate surface area is 112 Å². The van der Waals surface area contributed by atoms with Crippen molar-refractivity contribution < 1.29 is 14.6 Å². The second kappa shape index (κ2) is 5.22. The smallest absolute Gasteiger partial charge is 0.334 e. The highest BCUT2D eigenvalue weighted by Crippen LogP contribution is 2.35. The molecule has 0 aromatic heterocycles. The number of anilines is 1. The maximum Gasteiger partial charge on any atom is 0.334 e. The zero-order chi connectivity index (χ0) is 14.7. The average Bonchev–Trinajstić information content (AvgIpc) is 2.39. The Morgan fingerprint density at radius 2 is 1.60 bits per heavy atom. The molecule has 20 heavy (non-hydrogen) atoms. The molecule has 0 saturated heterocycles. The first-order chi connectivity index (χ1) is 9.49. The Morgan fingerprint density at radius 3 is 2.15 bits per heavy atom. The molecular formula is C12H9N3O5. The van der Waals surface area contributed by atoms with Crippen molar-refractivity contribution in [3.05, 3.63) is 62.7 Å². The lowest BCUT2D eigenvalue weighted by atomic mass is 10.2. The number of nitro groups is 2. The zero-order valence-electron chi connectivity index (χ0n) is 10.1. The molecule has 8 nitrogen and oxygen atoms in total. The van der Waals surface area contributed by atoms with Gasteiger partial charge >= 0.3 is 5.69 Å². The van der Waals surface area contributed by atoms with Crippen molar-refractivity contribution in [1.29, 1.82) is 0 Å². The third-order valence-electron chi connectivity index (χ3n) is 2.49. The number of non-ortho nitro benzene ring substituents is 1. The van der Waals surface area contributed by atoms with Crippen molar-refractivity contribution in [3.8, 4) is 11.5 Å². The summed E-state index contributed by atoms with van der Waals surface area (Å²) in [6, 6.07) is 9.50. The Bertz CT molecular complexity index is 669. The number of nitro benzene ring substituents is 2. The number of benzene rings is 2. The molecule has 0 fully saturated rings. The van der Waals surface area contributed by atoms with Crippen LogP contribution in [0.2, 0.25) is 0 Å². The van der Waals surface area contributed by atoms with Crippen LogP contribution >= 0.6 is 0 Å². The van der Waals surface area contributed by atoms with Crippen LogP contribution in [0.15, 0.2) is 42.5 Å². The largest absolute Gasteiger partial charge is 0.450 e. The van der Waals surface area contributed by atoms with Crippen LogP contribution in [-0.4, -0.2) is 9.85 Å². The van der Waals surface area contributed by atoms with Gasteiger partial charge in [0.2, 0.25) is 5.75 Å². The number of nitrogen functional groups attached to an aromatic ring is 1. The van der Waals surface area contributed by atoms with Crippen molar-refractivity contribution in [1.82, 2.24) is 0 Å². The van der Waals surface area contributed by atoms with Crippen LogP contribution in [0.25, 0.3) is 0 Å². The van der Waals surface area contributed by atoms with Gasteiger partial charge in [0.05, 0.1) is 9.85 Å². The second-order valence-electron chi connectivity index (χ2n) is 3.80. The van der Waals surface area contributed by atoms with Crippen LogP contribution in [0, 0.1) is 20.2 Å². The SMILES string of the molecule is Nc1cccc(Oc2ccc([N+](=O)[O-])cc2)c1[N+](=O)[O-]. The topological polar surface area (TPSA) is 122 Å². The Morgan fingerprint density at radius 1 is 0.950 bits per heavy atom. The maximum atomic E-state index is 10.9. The molecule has 8 heteroatoms. The van der Waals surface area contributed by atoms with Crippen LogP contribution in [0.3, 0.4) is 0 Å². The fourth-order valence-electron chi connectivity index (χ4n) is 1.58. The van der Waals surface area contributed by atoms with E-state index in [2.05, 4.69) is 0 Å². The van der Waals surface area contributed by atoms with Crippen molar-refractivity contribution >= 4 is 17.1 Å². The molecule has 0 atom stereocenters. The molecule has 2 aromatic rings. The van der Waals surface area contributed by atoms with Crippen LogP contribution < -0.4 is 10.5 Å². The van der Waals surface area contributed by atoms with E-state index in [4.69, 9.17) is 10.5 Å². The molecule has 0 spiro atoms. The Kier molecular flexibility index (Phi) is 3.47. The van der Waals surface area contributed by atoms with E-state index in [1.165, 1.54) is 42.5 Å². The average molecular weight is 275 g/mol. The van der Waals surface area contributed by atoms with E-state index < -0.39 is 9.85 Å². The first-order valence-corrected chi connectivity index (χ1v) is 5.44. The third kappa shape index (κ3) is 2.64. The monoisotopic (exact) mass is 275 g/mol. The van der Waals surface area contributed by atoms with Gasteiger partial charge in [-0.15, -0.1) is 0 Å². The summed E-state index contributed by atoms with van der Waals surface area (Å²) in [5.74, 6) is 0.216. The van der Waals surface area contributed by atoms with Crippen LogP contribution in [0.1, 0.15) is 0 Å². The fourth-order valence-corrected chi connectivity index (χ4v) is 1.58. The van der Waals surface area contributed by atoms with Gasteiger partial charge in [-0.2, -0.15) is 0 Å². The second-order valence-corrected chi connectivity index (χ2v) is 3.80. The van der Waals surface area contributed by atoms with Gasteiger partial charge in [-0.1, -0.05) is 6.07 Å². The van der Waals surface area contributed by atoms with Gasteiger partial charge in [-0.05, 0) is 24.3 Å². The molecule has 2 rings (SSSR count). The highest BCUT2D eigenvalue weighted by molar-refractivity contribution is 5.66. The fraction of sp³-hybridized carbons (Fsp3) is 0. The maximum absolute atomic E-state index is 10.9. The molecule has 2 N–H and O–H groups in total. The van der Waals surface area contributed by atoms with E-state index in [1.807, 2.05) is 0 Å². The highest BCUT2D eigenvalue weighted by atomic mass is 16.6. The van der Waals surface area contributed by atoms with Crippen molar-refractivity contribution in [2.45, 2.75) is 0 Å². The molecule has 102 valence electrons. The normalized spacial score (nSPS) is 10.0. The molecule has 2 aromatic carbocycles.